The van der Waals surface area contributed by atoms with Gasteiger partial charge in [0, 0.05) is 5.69 Å². The van der Waals surface area contributed by atoms with Crippen molar-refractivity contribution in [1.29, 1.82) is 0 Å². The predicted molar refractivity (Wildman–Crippen MR) is 97.9 cm³/mol. The molecule has 0 radical (unpaired) electrons. The van der Waals surface area contributed by atoms with Gasteiger partial charge >= 0.3 is 0 Å². The van der Waals surface area contributed by atoms with Crippen LogP contribution < -0.4 is 10.7 Å². The third-order valence-electron chi connectivity index (χ3n) is 4.20. The minimum atomic E-state index is -0.586. The molecule has 0 bridgehead atoms. The van der Waals surface area contributed by atoms with E-state index >= 15 is 0 Å². The molecule has 3 aromatic rings. The summed E-state index contributed by atoms with van der Waals surface area (Å²) in [5, 5.41) is 10.9. The Kier molecular flexibility index (Phi) is 4.53. The van der Waals surface area contributed by atoms with Gasteiger partial charge in [-0.2, -0.15) is 0 Å². The van der Waals surface area contributed by atoms with Crippen molar-refractivity contribution in [3.8, 4) is 0 Å². The average molecular weight is 387 g/mol. The molecule has 0 saturated heterocycles. The minimum Gasteiger partial charge on any atom is -0.325 e. The van der Waals surface area contributed by atoms with Gasteiger partial charge in [-0.05, 0) is 48.9 Å². The number of aromatic nitrogens is 3. The van der Waals surface area contributed by atoms with Crippen molar-refractivity contribution < 1.29 is 13.6 Å². The molecule has 9 heteroatoms. The van der Waals surface area contributed by atoms with Gasteiger partial charge in [-0.15, -0.1) is 10.2 Å². The van der Waals surface area contributed by atoms with Crippen molar-refractivity contribution in [1.82, 2.24) is 14.9 Å². The van der Waals surface area contributed by atoms with Crippen molar-refractivity contribution in [2.45, 2.75) is 23.4 Å². The zero-order valence-electron chi connectivity index (χ0n) is 14.2. The first-order valence-electron chi connectivity index (χ1n) is 8.18. The van der Waals surface area contributed by atoms with Gasteiger partial charge in [0.15, 0.2) is 0 Å². The number of rotatable bonds is 3. The lowest BCUT2D eigenvalue weighted by molar-refractivity contribution is -0.116. The number of nitrogens with one attached hydrogen (secondary N) is 2. The van der Waals surface area contributed by atoms with E-state index in [-0.39, 0.29) is 17.5 Å². The molecule has 1 aromatic heterocycles. The van der Waals surface area contributed by atoms with Crippen LogP contribution in [0.2, 0.25) is 0 Å². The maximum Gasteiger partial charge on any atom is 0.240 e. The molecule has 1 aliphatic heterocycles. The molecule has 2 N–H and O–H groups in total. The maximum absolute atomic E-state index is 13.3. The van der Waals surface area contributed by atoms with Gasteiger partial charge in [-0.3, -0.25) is 4.79 Å². The highest BCUT2D eigenvalue weighted by atomic mass is 32.2. The Morgan fingerprint density at radius 1 is 1.07 bits per heavy atom. The number of carbonyl (C=O) groups is 1. The van der Waals surface area contributed by atoms with E-state index in [0.29, 0.717) is 16.7 Å². The number of carbonyl (C=O) groups excluding carboxylic acids is 1. The summed E-state index contributed by atoms with van der Waals surface area (Å²) < 4.78 is 28.1. The third kappa shape index (κ3) is 3.50. The highest BCUT2D eigenvalue weighted by Gasteiger charge is 2.37. The number of hydrogen-bond acceptors (Lipinski definition) is 5. The molecule has 1 amide bonds. The fourth-order valence-corrected chi connectivity index (χ4v) is 3.95. The average Bonchev–Trinajstić information content (AvgIpc) is 3.03. The fraction of sp³-hybridized carbons (Fsp3) is 0.167. The normalized spacial score (nSPS) is 18.5. The molecule has 27 heavy (non-hydrogen) atoms. The number of nitrogens with zero attached hydrogens (tertiary/aromatic N) is 3. The Morgan fingerprint density at radius 3 is 2.37 bits per heavy atom. The van der Waals surface area contributed by atoms with Crippen LogP contribution in [0.1, 0.15) is 17.4 Å². The van der Waals surface area contributed by atoms with Crippen LogP contribution in [0.15, 0.2) is 53.7 Å². The van der Waals surface area contributed by atoms with E-state index < -0.39 is 11.3 Å². The number of aryl methyl sites for hydroxylation is 1. The summed E-state index contributed by atoms with van der Waals surface area (Å²) in [4.78, 5) is 12.9. The molecule has 0 saturated carbocycles. The van der Waals surface area contributed by atoms with E-state index in [0.717, 1.165) is 5.56 Å². The second-order valence-corrected chi connectivity index (χ2v) is 7.17. The minimum absolute atomic E-state index is 0.277. The quantitative estimate of drug-likeness (QED) is 0.722. The van der Waals surface area contributed by atoms with Crippen LogP contribution in [0.4, 0.5) is 14.5 Å². The lowest BCUT2D eigenvalue weighted by Gasteiger charge is -2.32. The Morgan fingerprint density at radius 2 is 1.70 bits per heavy atom. The Balaban J connectivity index is 1.65. The third-order valence-corrected chi connectivity index (χ3v) is 5.41. The molecule has 6 nitrogen and oxygen atoms in total. The van der Waals surface area contributed by atoms with Gasteiger partial charge in [0.1, 0.15) is 22.7 Å². The zero-order chi connectivity index (χ0) is 19.0. The molecular weight excluding hydrogens is 372 g/mol. The SMILES string of the molecule is Cc1nnc2n1N[C@H](c1ccc(F)cc1)[C@@H](C(=O)Nc1ccc(F)cc1)S2. The number of amides is 1. The highest BCUT2D eigenvalue weighted by molar-refractivity contribution is 8.00. The van der Waals surface area contributed by atoms with Crippen molar-refractivity contribution >= 4 is 23.4 Å². The smallest absolute Gasteiger partial charge is 0.240 e. The first kappa shape index (κ1) is 17.5. The maximum atomic E-state index is 13.3. The van der Waals surface area contributed by atoms with Crippen molar-refractivity contribution in [3.63, 3.8) is 0 Å². The van der Waals surface area contributed by atoms with Crippen molar-refractivity contribution in [2.24, 2.45) is 0 Å². The van der Waals surface area contributed by atoms with Crippen LogP contribution in [0.3, 0.4) is 0 Å². The molecule has 0 aliphatic carbocycles. The van der Waals surface area contributed by atoms with Gasteiger partial charge in [0.05, 0.1) is 6.04 Å². The van der Waals surface area contributed by atoms with E-state index in [2.05, 4.69) is 20.9 Å². The predicted octanol–water partition coefficient (Wildman–Crippen LogP) is 3.26. The van der Waals surface area contributed by atoms with Gasteiger partial charge < -0.3 is 10.7 Å². The van der Waals surface area contributed by atoms with Crippen LogP contribution in [0.25, 0.3) is 0 Å². The van der Waals surface area contributed by atoms with Crippen molar-refractivity contribution in [3.05, 3.63) is 71.6 Å². The number of halogens is 2. The Bertz CT molecular complexity index is 974. The van der Waals surface area contributed by atoms with Crippen LogP contribution in [-0.4, -0.2) is 26.0 Å². The second kappa shape index (κ2) is 6.99. The van der Waals surface area contributed by atoms with Crippen LogP contribution in [0, 0.1) is 18.6 Å². The summed E-state index contributed by atoms with van der Waals surface area (Å²) in [6.07, 6.45) is 0. The summed E-state index contributed by atoms with van der Waals surface area (Å²) in [5.41, 5.74) is 4.48. The molecule has 0 unspecified atom stereocenters. The van der Waals surface area contributed by atoms with Crippen molar-refractivity contribution in [2.75, 3.05) is 10.7 Å². The van der Waals surface area contributed by atoms with Gasteiger partial charge in [-0.25, -0.2) is 13.5 Å². The highest BCUT2D eigenvalue weighted by Crippen LogP contribution is 2.37. The van der Waals surface area contributed by atoms with Crippen LogP contribution in [0.5, 0.6) is 0 Å². The molecule has 2 aromatic carbocycles. The zero-order valence-corrected chi connectivity index (χ0v) is 15.0. The lowest BCUT2D eigenvalue weighted by atomic mass is 10.0. The number of benzene rings is 2. The summed E-state index contributed by atoms with van der Waals surface area (Å²) in [6.45, 7) is 1.80. The number of hydrogen-bond donors (Lipinski definition) is 2. The first-order valence-corrected chi connectivity index (χ1v) is 9.06. The topological polar surface area (TPSA) is 71.8 Å². The second-order valence-electron chi connectivity index (χ2n) is 6.06. The summed E-state index contributed by atoms with van der Waals surface area (Å²) in [6, 6.07) is 11.1. The van der Waals surface area contributed by atoms with Gasteiger partial charge in [-0.1, -0.05) is 23.9 Å². The first-order chi connectivity index (χ1) is 13.0. The number of thioether (sulfide) groups is 1. The molecule has 4 rings (SSSR count). The van der Waals surface area contributed by atoms with E-state index in [1.165, 1.54) is 48.2 Å². The monoisotopic (exact) mass is 387 g/mol. The Labute approximate surface area is 158 Å². The molecule has 1 aliphatic rings. The lowest BCUT2D eigenvalue weighted by Crippen LogP contribution is -2.41. The molecular formula is C18H15F2N5OS. The molecule has 0 fully saturated rings. The molecule has 0 spiro atoms. The van der Waals surface area contributed by atoms with Crippen LogP contribution in [-0.2, 0) is 4.79 Å². The van der Waals surface area contributed by atoms with Gasteiger partial charge in [0.25, 0.3) is 0 Å². The largest absolute Gasteiger partial charge is 0.325 e. The Hall–Kier alpha value is -2.94. The fourth-order valence-electron chi connectivity index (χ4n) is 2.83. The number of anilines is 1. The molecule has 138 valence electrons. The van der Waals surface area contributed by atoms with Crippen LogP contribution >= 0.6 is 11.8 Å². The summed E-state index contributed by atoms with van der Waals surface area (Å²) >= 11 is 1.26. The van der Waals surface area contributed by atoms with E-state index in [4.69, 9.17) is 0 Å². The molecule has 2 atom stereocenters. The van der Waals surface area contributed by atoms with Gasteiger partial charge in [0.2, 0.25) is 11.1 Å². The summed E-state index contributed by atoms with van der Waals surface area (Å²) in [5.74, 6) is -0.354. The molecule has 2 heterocycles. The van der Waals surface area contributed by atoms with E-state index in [9.17, 15) is 13.6 Å². The summed E-state index contributed by atoms with van der Waals surface area (Å²) in [7, 11) is 0. The van der Waals surface area contributed by atoms with E-state index in [1.807, 2.05) is 0 Å². The standard InChI is InChI=1S/C18H15F2N5OS/c1-10-22-23-18-25(10)24-15(11-2-4-12(19)5-3-11)16(27-18)17(26)21-14-8-6-13(20)7-9-14/h2-9,15-16,24H,1H3,(H,21,26)/t15-,16+/m1/s1. The van der Waals surface area contributed by atoms with E-state index in [1.54, 1.807) is 23.7 Å². The number of fused-ring (bicyclic) bond motifs is 1.